The van der Waals surface area contributed by atoms with Gasteiger partial charge in [-0.05, 0) is 59.1 Å². The normalized spacial score (nSPS) is 11.4. The van der Waals surface area contributed by atoms with Crippen LogP contribution in [-0.4, -0.2) is 32.0 Å². The molecule has 2 aromatic rings. The van der Waals surface area contributed by atoms with Gasteiger partial charge in [-0.25, -0.2) is 8.78 Å². The van der Waals surface area contributed by atoms with Gasteiger partial charge >= 0.3 is 0 Å². The quantitative estimate of drug-likeness (QED) is 0.612. The lowest BCUT2D eigenvalue weighted by molar-refractivity contribution is -0.121. The van der Waals surface area contributed by atoms with Crippen molar-refractivity contribution >= 4 is 37.8 Å². The topological polar surface area (TPSA) is 64.7 Å². The van der Waals surface area contributed by atoms with Gasteiger partial charge < -0.3 is 5.32 Å². The minimum atomic E-state index is -2.68. The highest BCUT2D eigenvalue weighted by Gasteiger charge is 2.21. The first-order chi connectivity index (χ1) is 11.7. The molecular weight excluding hydrogens is 464 g/mol. The summed E-state index contributed by atoms with van der Waals surface area (Å²) in [5, 5.41) is 11.0. The first-order valence-electron chi connectivity index (χ1n) is 7.69. The Morgan fingerprint density at radius 2 is 1.76 bits per heavy atom. The van der Waals surface area contributed by atoms with E-state index in [1.165, 1.54) is 4.68 Å². The highest BCUT2D eigenvalue weighted by atomic mass is 79.9. The van der Waals surface area contributed by atoms with Gasteiger partial charge in [0.2, 0.25) is 5.91 Å². The van der Waals surface area contributed by atoms with E-state index in [9.17, 15) is 13.6 Å². The molecule has 0 aliphatic heterocycles. The van der Waals surface area contributed by atoms with E-state index < -0.39 is 6.43 Å². The van der Waals surface area contributed by atoms with E-state index in [0.717, 1.165) is 15.9 Å². The Kier molecular flexibility index (Phi) is 6.72. The Labute approximate surface area is 161 Å². The smallest absolute Gasteiger partial charge is 0.283 e. The molecule has 0 fully saturated rings. The van der Waals surface area contributed by atoms with Gasteiger partial charge in [-0.1, -0.05) is 0 Å². The predicted octanol–water partition coefficient (Wildman–Crippen LogP) is 3.67. The van der Waals surface area contributed by atoms with Gasteiger partial charge in [0.15, 0.2) is 0 Å². The molecule has 0 aliphatic rings. The zero-order valence-electron chi connectivity index (χ0n) is 14.1. The zero-order valence-corrected chi connectivity index (χ0v) is 17.3. The summed E-state index contributed by atoms with van der Waals surface area (Å²) in [5.74, 6) is -0.270. The number of hydrogen-bond donors (Lipinski definition) is 1. The zero-order chi connectivity index (χ0) is 18.7. The van der Waals surface area contributed by atoms with Crippen LogP contribution in [0.3, 0.4) is 0 Å². The number of alkyl halides is 2. The van der Waals surface area contributed by atoms with Gasteiger partial charge in [0.1, 0.15) is 12.2 Å². The third-order valence-corrected chi connectivity index (χ3v) is 5.95. The number of nitrogens with one attached hydrogen (secondary N) is 1. The molecule has 138 valence electrons. The summed E-state index contributed by atoms with van der Waals surface area (Å²) in [4.78, 5) is 12.0. The highest BCUT2D eigenvalue weighted by Crippen LogP contribution is 2.28. The fourth-order valence-corrected chi connectivity index (χ4v) is 3.12. The molecule has 2 heterocycles. The molecule has 0 radical (unpaired) electrons. The van der Waals surface area contributed by atoms with Crippen molar-refractivity contribution in [2.45, 2.75) is 46.7 Å². The van der Waals surface area contributed by atoms with Crippen molar-refractivity contribution in [2.75, 3.05) is 6.54 Å². The largest absolute Gasteiger partial charge is 0.354 e. The molecule has 0 aliphatic carbocycles. The molecule has 10 heteroatoms. The Morgan fingerprint density at radius 3 is 2.28 bits per heavy atom. The lowest BCUT2D eigenvalue weighted by Crippen LogP contribution is -2.29. The van der Waals surface area contributed by atoms with Crippen molar-refractivity contribution in [3.05, 3.63) is 31.7 Å². The van der Waals surface area contributed by atoms with Crippen LogP contribution in [0.5, 0.6) is 0 Å². The summed E-state index contributed by atoms with van der Waals surface area (Å²) < 4.78 is 30.0. The maximum absolute atomic E-state index is 12.8. The van der Waals surface area contributed by atoms with E-state index in [1.54, 1.807) is 6.92 Å². The standard InChI is InChI=1S/C15H19Br2F2N5O/c1-8-12(16)9(2)23(21-8)6-4-5-20-11(25)7-24-10(3)13(17)14(22-24)15(18)19/h15H,4-7H2,1-3H3,(H,20,25). The van der Waals surface area contributed by atoms with E-state index in [1.807, 2.05) is 18.5 Å². The summed E-state index contributed by atoms with van der Waals surface area (Å²) in [6, 6.07) is 0. The number of rotatable bonds is 7. The van der Waals surface area contributed by atoms with Crippen LogP contribution in [-0.2, 0) is 17.9 Å². The second-order valence-corrected chi connectivity index (χ2v) is 7.24. The van der Waals surface area contributed by atoms with Crippen molar-refractivity contribution in [3.8, 4) is 0 Å². The van der Waals surface area contributed by atoms with Gasteiger partial charge in [0, 0.05) is 18.8 Å². The lowest BCUT2D eigenvalue weighted by Gasteiger charge is -2.08. The van der Waals surface area contributed by atoms with Crippen molar-refractivity contribution in [1.29, 1.82) is 0 Å². The van der Waals surface area contributed by atoms with E-state index in [-0.39, 0.29) is 22.6 Å². The first-order valence-corrected chi connectivity index (χ1v) is 9.28. The molecule has 0 saturated carbocycles. The monoisotopic (exact) mass is 481 g/mol. The average Bonchev–Trinajstić information content (AvgIpc) is 2.97. The molecule has 0 unspecified atom stereocenters. The van der Waals surface area contributed by atoms with E-state index in [0.29, 0.717) is 25.2 Å². The van der Waals surface area contributed by atoms with Crippen LogP contribution < -0.4 is 5.32 Å². The highest BCUT2D eigenvalue weighted by molar-refractivity contribution is 9.10. The fraction of sp³-hybridized carbons (Fsp3) is 0.533. The molecule has 1 amide bonds. The van der Waals surface area contributed by atoms with Crippen LogP contribution in [0.1, 0.15) is 35.6 Å². The second-order valence-electron chi connectivity index (χ2n) is 5.65. The summed E-state index contributed by atoms with van der Waals surface area (Å²) in [7, 11) is 0. The molecule has 0 saturated heterocycles. The summed E-state index contributed by atoms with van der Waals surface area (Å²) in [6.45, 7) is 6.59. The summed E-state index contributed by atoms with van der Waals surface area (Å²) in [5.41, 5.74) is 2.12. The Hall–Kier alpha value is -1.29. The SMILES string of the molecule is Cc1nn(CCCNC(=O)Cn2nc(C(F)F)c(Br)c2C)c(C)c1Br. The molecule has 0 aromatic carbocycles. The summed E-state index contributed by atoms with van der Waals surface area (Å²) >= 11 is 6.56. The van der Waals surface area contributed by atoms with Gasteiger partial charge in [0.25, 0.3) is 6.43 Å². The average molecular weight is 483 g/mol. The Morgan fingerprint density at radius 1 is 1.12 bits per heavy atom. The maximum atomic E-state index is 12.8. The number of carbonyl (C=O) groups excluding carboxylic acids is 1. The lowest BCUT2D eigenvalue weighted by atomic mass is 10.3. The molecule has 2 rings (SSSR count). The van der Waals surface area contributed by atoms with Crippen molar-refractivity contribution in [1.82, 2.24) is 24.9 Å². The van der Waals surface area contributed by atoms with Crippen LogP contribution in [0.2, 0.25) is 0 Å². The number of nitrogens with zero attached hydrogens (tertiary/aromatic N) is 4. The van der Waals surface area contributed by atoms with Crippen LogP contribution in [0.4, 0.5) is 8.78 Å². The maximum Gasteiger partial charge on any atom is 0.283 e. The van der Waals surface area contributed by atoms with Gasteiger partial charge in [-0.3, -0.25) is 14.2 Å². The van der Waals surface area contributed by atoms with Gasteiger partial charge in [0.05, 0.1) is 20.3 Å². The molecular formula is C15H19Br2F2N5O. The van der Waals surface area contributed by atoms with Gasteiger partial charge in [-0.15, -0.1) is 0 Å². The predicted molar refractivity (Wildman–Crippen MR) is 96.6 cm³/mol. The summed E-state index contributed by atoms with van der Waals surface area (Å²) in [6.07, 6.45) is -1.97. The Balaban J connectivity index is 1.83. The van der Waals surface area contributed by atoms with Gasteiger partial charge in [-0.2, -0.15) is 10.2 Å². The molecule has 25 heavy (non-hydrogen) atoms. The van der Waals surface area contributed by atoms with Crippen LogP contribution in [0.25, 0.3) is 0 Å². The van der Waals surface area contributed by atoms with E-state index in [4.69, 9.17) is 0 Å². The third-order valence-electron chi connectivity index (χ3n) is 3.82. The number of aryl methyl sites for hydroxylation is 2. The number of halogens is 4. The molecule has 6 nitrogen and oxygen atoms in total. The molecule has 1 N–H and O–H groups in total. The van der Waals surface area contributed by atoms with Crippen molar-refractivity contribution in [2.24, 2.45) is 0 Å². The minimum Gasteiger partial charge on any atom is -0.354 e. The Bertz CT molecular complexity index is 773. The van der Waals surface area contributed by atoms with Crippen molar-refractivity contribution in [3.63, 3.8) is 0 Å². The van der Waals surface area contributed by atoms with Crippen LogP contribution >= 0.6 is 31.9 Å². The number of amides is 1. The number of aromatic nitrogens is 4. The first kappa shape index (κ1) is 20.0. The fourth-order valence-electron chi connectivity index (χ4n) is 2.38. The number of hydrogen-bond acceptors (Lipinski definition) is 3. The third kappa shape index (κ3) is 4.66. The molecule has 0 spiro atoms. The second kappa shape index (κ2) is 8.39. The molecule has 0 bridgehead atoms. The van der Waals surface area contributed by atoms with E-state index in [2.05, 4.69) is 47.4 Å². The van der Waals surface area contributed by atoms with Crippen LogP contribution in [0, 0.1) is 20.8 Å². The number of carbonyl (C=O) groups is 1. The van der Waals surface area contributed by atoms with Crippen LogP contribution in [0.15, 0.2) is 8.95 Å². The van der Waals surface area contributed by atoms with Crippen molar-refractivity contribution < 1.29 is 13.6 Å². The minimum absolute atomic E-state index is 0.0946. The molecule has 2 aromatic heterocycles. The van der Waals surface area contributed by atoms with E-state index >= 15 is 0 Å². The molecule has 0 atom stereocenters.